The van der Waals surface area contributed by atoms with Crippen LogP contribution in [0.25, 0.3) is 10.9 Å². The molecule has 1 aliphatic rings. The van der Waals surface area contributed by atoms with Crippen molar-refractivity contribution in [3.8, 4) is 0 Å². The van der Waals surface area contributed by atoms with Crippen LogP contribution in [0.5, 0.6) is 0 Å². The SMILES string of the molecule is O[C@H](C[C@]1(c2ccc3[nH]ccc3c2)CCNC1)c1ccccc1. The maximum atomic E-state index is 10.7. The number of hydrogen-bond donors (Lipinski definition) is 3. The highest BCUT2D eigenvalue weighted by atomic mass is 16.3. The Bertz CT molecular complexity index is 788. The number of hydrogen-bond acceptors (Lipinski definition) is 2. The minimum Gasteiger partial charge on any atom is -0.388 e. The maximum absolute atomic E-state index is 10.7. The Kier molecular flexibility index (Phi) is 3.68. The van der Waals surface area contributed by atoms with Crippen LogP contribution in [0.3, 0.4) is 0 Å². The summed E-state index contributed by atoms with van der Waals surface area (Å²) >= 11 is 0. The number of H-pyrrole nitrogens is 1. The molecule has 0 unspecified atom stereocenters. The third kappa shape index (κ3) is 2.67. The number of benzene rings is 2. The number of rotatable bonds is 4. The summed E-state index contributed by atoms with van der Waals surface area (Å²) in [6, 6.07) is 18.7. The van der Waals surface area contributed by atoms with E-state index < -0.39 is 6.10 Å². The molecule has 1 fully saturated rings. The second kappa shape index (κ2) is 5.84. The van der Waals surface area contributed by atoms with Gasteiger partial charge in [-0.2, -0.15) is 0 Å². The number of aliphatic hydroxyl groups excluding tert-OH is 1. The molecule has 2 aromatic carbocycles. The van der Waals surface area contributed by atoms with Crippen molar-refractivity contribution in [2.24, 2.45) is 0 Å². The van der Waals surface area contributed by atoms with Crippen molar-refractivity contribution in [3.63, 3.8) is 0 Å². The van der Waals surface area contributed by atoms with Crippen molar-refractivity contribution < 1.29 is 5.11 Å². The van der Waals surface area contributed by atoms with E-state index in [-0.39, 0.29) is 5.41 Å². The largest absolute Gasteiger partial charge is 0.388 e. The highest BCUT2D eigenvalue weighted by Crippen LogP contribution is 2.40. The van der Waals surface area contributed by atoms with Gasteiger partial charge in [0.05, 0.1) is 6.10 Å². The smallest absolute Gasteiger partial charge is 0.0799 e. The normalized spacial score (nSPS) is 22.5. The molecule has 0 radical (unpaired) electrons. The fraction of sp³-hybridized carbons (Fsp3) is 0.300. The predicted molar refractivity (Wildman–Crippen MR) is 93.5 cm³/mol. The summed E-state index contributed by atoms with van der Waals surface area (Å²) in [6.45, 7) is 1.93. The molecule has 118 valence electrons. The zero-order valence-corrected chi connectivity index (χ0v) is 13.1. The Morgan fingerprint density at radius 2 is 1.96 bits per heavy atom. The monoisotopic (exact) mass is 306 g/mol. The van der Waals surface area contributed by atoms with Crippen molar-refractivity contribution in [3.05, 3.63) is 71.9 Å². The van der Waals surface area contributed by atoms with Crippen molar-refractivity contribution >= 4 is 10.9 Å². The van der Waals surface area contributed by atoms with E-state index in [1.165, 1.54) is 16.5 Å². The zero-order chi connectivity index (χ0) is 15.7. The minimum absolute atomic E-state index is 0.000712. The molecule has 0 bridgehead atoms. The lowest BCUT2D eigenvalue weighted by molar-refractivity contribution is 0.135. The Morgan fingerprint density at radius 3 is 2.74 bits per heavy atom. The van der Waals surface area contributed by atoms with Gasteiger partial charge in [-0.05, 0) is 54.1 Å². The van der Waals surface area contributed by atoms with E-state index in [1.807, 2.05) is 36.5 Å². The van der Waals surface area contributed by atoms with Gasteiger partial charge in [-0.3, -0.25) is 0 Å². The molecule has 23 heavy (non-hydrogen) atoms. The average molecular weight is 306 g/mol. The first-order valence-corrected chi connectivity index (χ1v) is 8.28. The van der Waals surface area contributed by atoms with Gasteiger partial charge in [0.15, 0.2) is 0 Å². The average Bonchev–Trinajstić information content (AvgIpc) is 3.24. The molecule has 3 nitrogen and oxygen atoms in total. The van der Waals surface area contributed by atoms with Gasteiger partial charge >= 0.3 is 0 Å². The van der Waals surface area contributed by atoms with E-state index in [1.54, 1.807) is 0 Å². The number of fused-ring (bicyclic) bond motifs is 1. The lowest BCUT2D eigenvalue weighted by Gasteiger charge is -2.31. The van der Waals surface area contributed by atoms with Gasteiger partial charge in [-0.25, -0.2) is 0 Å². The van der Waals surface area contributed by atoms with Crippen LogP contribution < -0.4 is 5.32 Å². The van der Waals surface area contributed by atoms with Crippen molar-refractivity contribution in [2.45, 2.75) is 24.4 Å². The first-order valence-electron chi connectivity index (χ1n) is 8.28. The van der Waals surface area contributed by atoms with Gasteiger partial charge in [0.25, 0.3) is 0 Å². The van der Waals surface area contributed by atoms with Crippen LogP contribution in [-0.4, -0.2) is 23.2 Å². The molecular formula is C20H22N2O. The summed E-state index contributed by atoms with van der Waals surface area (Å²) in [5.41, 5.74) is 3.49. The quantitative estimate of drug-likeness (QED) is 0.690. The Labute approximate surface area is 136 Å². The Hall–Kier alpha value is -2.10. The van der Waals surface area contributed by atoms with Gasteiger partial charge in [-0.15, -0.1) is 0 Å². The molecule has 2 atom stereocenters. The zero-order valence-electron chi connectivity index (χ0n) is 13.1. The summed E-state index contributed by atoms with van der Waals surface area (Å²) in [5, 5.41) is 15.5. The third-order valence-corrected chi connectivity index (χ3v) is 5.18. The molecule has 4 rings (SSSR count). The van der Waals surface area contributed by atoms with E-state index in [2.05, 4.69) is 34.6 Å². The van der Waals surface area contributed by atoms with Gasteiger partial charge in [0.2, 0.25) is 0 Å². The van der Waals surface area contributed by atoms with E-state index >= 15 is 0 Å². The van der Waals surface area contributed by atoms with Gasteiger partial charge in [-0.1, -0.05) is 36.4 Å². The van der Waals surface area contributed by atoms with E-state index in [4.69, 9.17) is 0 Å². The topological polar surface area (TPSA) is 48.0 Å². The molecule has 1 aliphatic heterocycles. The highest BCUT2D eigenvalue weighted by molar-refractivity contribution is 5.80. The Morgan fingerprint density at radius 1 is 1.09 bits per heavy atom. The molecule has 3 N–H and O–H groups in total. The second-order valence-electron chi connectivity index (χ2n) is 6.62. The molecule has 3 heteroatoms. The van der Waals surface area contributed by atoms with Crippen molar-refractivity contribution in [2.75, 3.05) is 13.1 Å². The highest BCUT2D eigenvalue weighted by Gasteiger charge is 2.37. The van der Waals surface area contributed by atoms with Crippen molar-refractivity contribution in [1.29, 1.82) is 0 Å². The summed E-state index contributed by atoms with van der Waals surface area (Å²) in [4.78, 5) is 3.25. The van der Waals surface area contributed by atoms with Crippen LogP contribution in [0.15, 0.2) is 60.8 Å². The first kappa shape index (κ1) is 14.5. The third-order valence-electron chi connectivity index (χ3n) is 5.18. The number of aliphatic hydroxyl groups is 1. The van der Waals surface area contributed by atoms with Crippen LogP contribution in [0.4, 0.5) is 0 Å². The van der Waals surface area contributed by atoms with E-state index in [0.29, 0.717) is 0 Å². The predicted octanol–water partition coefficient (Wildman–Crippen LogP) is 3.52. The second-order valence-corrected chi connectivity index (χ2v) is 6.62. The van der Waals surface area contributed by atoms with Crippen molar-refractivity contribution in [1.82, 2.24) is 10.3 Å². The standard InChI is InChI=1S/C20H22N2O/c23-19(15-4-2-1-3-5-15)13-20(9-11-21-14-20)17-6-7-18-16(12-17)8-10-22-18/h1-8,10,12,19,21-23H,9,11,13-14H2/t19-,20-/m1/s1. The fourth-order valence-electron chi connectivity index (χ4n) is 3.83. The van der Waals surface area contributed by atoms with E-state index in [9.17, 15) is 5.11 Å². The lowest BCUT2D eigenvalue weighted by atomic mass is 9.74. The number of aromatic amines is 1. The summed E-state index contributed by atoms with van der Waals surface area (Å²) in [7, 11) is 0. The van der Waals surface area contributed by atoms with Crippen LogP contribution in [0.1, 0.15) is 30.1 Å². The van der Waals surface area contributed by atoms with Crippen LogP contribution in [0.2, 0.25) is 0 Å². The molecule has 0 amide bonds. The van der Waals surface area contributed by atoms with Crippen LogP contribution in [0, 0.1) is 0 Å². The molecule has 0 saturated carbocycles. The number of nitrogens with one attached hydrogen (secondary N) is 2. The summed E-state index contributed by atoms with van der Waals surface area (Å²) in [6.07, 6.45) is 3.36. The Balaban J connectivity index is 1.68. The van der Waals surface area contributed by atoms with Gasteiger partial charge in [0, 0.05) is 23.7 Å². The molecular weight excluding hydrogens is 284 g/mol. The molecule has 1 aromatic heterocycles. The fourth-order valence-corrected chi connectivity index (χ4v) is 3.83. The maximum Gasteiger partial charge on any atom is 0.0799 e. The molecule has 3 aromatic rings. The van der Waals surface area contributed by atoms with Crippen LogP contribution in [-0.2, 0) is 5.41 Å². The minimum atomic E-state index is -0.432. The van der Waals surface area contributed by atoms with Gasteiger partial charge < -0.3 is 15.4 Å². The lowest BCUT2D eigenvalue weighted by Crippen LogP contribution is -2.31. The summed E-state index contributed by atoms with van der Waals surface area (Å²) in [5.74, 6) is 0. The number of aromatic nitrogens is 1. The van der Waals surface area contributed by atoms with E-state index in [0.717, 1.165) is 31.5 Å². The molecule has 0 aliphatic carbocycles. The molecule has 2 heterocycles. The van der Waals surface area contributed by atoms with Gasteiger partial charge in [0.1, 0.15) is 0 Å². The molecule has 1 saturated heterocycles. The van der Waals surface area contributed by atoms with Crippen LogP contribution >= 0.6 is 0 Å². The first-order chi connectivity index (χ1) is 11.3. The summed E-state index contributed by atoms with van der Waals surface area (Å²) < 4.78 is 0. The molecule has 0 spiro atoms.